The molecular weight excluding hydrogens is 385 g/mol. The molecule has 0 aliphatic carbocycles. The van der Waals surface area contributed by atoms with E-state index in [-0.39, 0.29) is 0 Å². The van der Waals surface area contributed by atoms with Gasteiger partial charge in [0.1, 0.15) is 0 Å². The second kappa shape index (κ2) is 9.07. The summed E-state index contributed by atoms with van der Waals surface area (Å²) >= 11 is 11.9. The topological polar surface area (TPSA) is 55.4 Å². The molecule has 2 rings (SSSR count). The van der Waals surface area contributed by atoms with Gasteiger partial charge in [-0.3, -0.25) is 4.79 Å². The van der Waals surface area contributed by atoms with Crippen LogP contribution in [-0.2, 0) is 14.3 Å². The van der Waals surface area contributed by atoms with Gasteiger partial charge in [-0.1, -0.05) is 47.0 Å². The summed E-state index contributed by atoms with van der Waals surface area (Å²) in [7, 11) is 0. The van der Waals surface area contributed by atoms with Crippen LogP contribution in [-0.4, -0.2) is 18.0 Å². The minimum absolute atomic E-state index is 0.392. The molecule has 0 unspecified atom stereocenters. The summed E-state index contributed by atoms with van der Waals surface area (Å²) in [5.74, 6) is -1.03. The number of nitrogens with one attached hydrogen (secondary N) is 1. The van der Waals surface area contributed by atoms with Crippen LogP contribution in [0.1, 0.15) is 29.2 Å². The number of hydrogen-bond donors (Lipinski definition) is 1. The van der Waals surface area contributed by atoms with Crippen molar-refractivity contribution in [2.75, 3.05) is 5.32 Å². The molecule has 1 N–H and O–H groups in total. The van der Waals surface area contributed by atoms with Crippen molar-refractivity contribution >= 4 is 46.8 Å². The number of benzene rings is 2. The van der Waals surface area contributed by atoms with E-state index in [1.165, 1.54) is 19.1 Å². The molecule has 0 saturated carbocycles. The molecule has 27 heavy (non-hydrogen) atoms. The van der Waals surface area contributed by atoms with Gasteiger partial charge in [0.05, 0.1) is 0 Å². The molecule has 2 aromatic rings. The molecule has 0 bridgehead atoms. The number of carbonyl (C=O) groups excluding carboxylic acids is 2. The Labute approximate surface area is 169 Å². The monoisotopic (exact) mass is 405 g/mol. The number of anilines is 1. The van der Waals surface area contributed by atoms with Gasteiger partial charge >= 0.3 is 5.97 Å². The quantitative estimate of drug-likeness (QED) is 0.527. The number of amides is 1. The Balaban J connectivity index is 1.99. The molecule has 4 nitrogen and oxygen atoms in total. The van der Waals surface area contributed by atoms with E-state index in [2.05, 4.69) is 5.32 Å². The van der Waals surface area contributed by atoms with Gasteiger partial charge in [-0.15, -0.1) is 0 Å². The molecule has 0 fully saturated rings. The van der Waals surface area contributed by atoms with Crippen molar-refractivity contribution in [3.8, 4) is 0 Å². The van der Waals surface area contributed by atoms with E-state index in [9.17, 15) is 9.59 Å². The highest BCUT2D eigenvalue weighted by molar-refractivity contribution is 6.35. The van der Waals surface area contributed by atoms with Gasteiger partial charge in [0.2, 0.25) is 0 Å². The molecule has 142 valence electrons. The SMILES string of the molecule is Cc1cc(C)c(NC(=O)[C@H](C)OC(=O)/C=C/c2ccc(Cl)cc2Cl)c(C)c1. The molecule has 1 atom stereocenters. The number of carbonyl (C=O) groups is 2. The number of halogens is 2. The van der Waals surface area contributed by atoms with Gasteiger partial charge < -0.3 is 10.1 Å². The Morgan fingerprint density at radius 1 is 1.07 bits per heavy atom. The Bertz CT molecular complexity index is 883. The fraction of sp³-hybridized carbons (Fsp3) is 0.238. The predicted molar refractivity (Wildman–Crippen MR) is 110 cm³/mol. The Morgan fingerprint density at radius 2 is 1.70 bits per heavy atom. The number of rotatable bonds is 5. The summed E-state index contributed by atoms with van der Waals surface area (Å²) in [6.45, 7) is 7.36. The number of ether oxygens (including phenoxy) is 1. The highest BCUT2D eigenvalue weighted by Crippen LogP contribution is 2.23. The minimum Gasteiger partial charge on any atom is -0.449 e. The van der Waals surface area contributed by atoms with E-state index in [0.717, 1.165) is 22.4 Å². The molecule has 0 saturated heterocycles. The van der Waals surface area contributed by atoms with E-state index >= 15 is 0 Å². The molecule has 6 heteroatoms. The van der Waals surface area contributed by atoms with Gasteiger partial charge in [-0.05, 0) is 62.6 Å². The highest BCUT2D eigenvalue weighted by atomic mass is 35.5. The van der Waals surface area contributed by atoms with Gasteiger partial charge in [0, 0.05) is 21.8 Å². The first-order valence-corrected chi connectivity index (χ1v) is 9.15. The van der Waals surface area contributed by atoms with Crippen LogP contribution < -0.4 is 5.32 Å². The maximum absolute atomic E-state index is 12.4. The van der Waals surface area contributed by atoms with E-state index in [1.807, 2.05) is 32.9 Å². The summed E-state index contributed by atoms with van der Waals surface area (Å²) < 4.78 is 5.17. The first kappa shape index (κ1) is 21.0. The average Bonchev–Trinajstić information content (AvgIpc) is 2.57. The number of hydrogen-bond acceptors (Lipinski definition) is 3. The van der Waals surface area contributed by atoms with Crippen molar-refractivity contribution in [3.05, 3.63) is 68.7 Å². The Kier molecular flexibility index (Phi) is 7.05. The van der Waals surface area contributed by atoms with Crippen molar-refractivity contribution in [3.63, 3.8) is 0 Å². The van der Waals surface area contributed by atoms with Gasteiger partial charge in [-0.2, -0.15) is 0 Å². The van der Waals surface area contributed by atoms with Crippen LogP contribution in [0.15, 0.2) is 36.4 Å². The lowest BCUT2D eigenvalue weighted by molar-refractivity contribution is -0.148. The Hall–Kier alpha value is -2.30. The van der Waals surface area contributed by atoms with E-state index in [4.69, 9.17) is 27.9 Å². The lowest BCUT2D eigenvalue weighted by Crippen LogP contribution is -2.30. The van der Waals surface area contributed by atoms with Crippen LogP contribution in [0.3, 0.4) is 0 Å². The minimum atomic E-state index is -0.942. The zero-order chi connectivity index (χ0) is 20.1. The molecule has 0 aromatic heterocycles. The third kappa shape index (κ3) is 5.84. The van der Waals surface area contributed by atoms with Crippen molar-refractivity contribution in [2.24, 2.45) is 0 Å². The fourth-order valence-electron chi connectivity index (χ4n) is 2.66. The smallest absolute Gasteiger partial charge is 0.331 e. The third-order valence-corrected chi connectivity index (χ3v) is 4.51. The summed E-state index contributed by atoms with van der Waals surface area (Å²) in [5, 5.41) is 3.75. The first-order valence-electron chi connectivity index (χ1n) is 8.40. The van der Waals surface area contributed by atoms with Crippen LogP contribution in [0.5, 0.6) is 0 Å². The van der Waals surface area contributed by atoms with Crippen molar-refractivity contribution in [1.29, 1.82) is 0 Å². The second-order valence-corrected chi connectivity index (χ2v) is 7.18. The van der Waals surface area contributed by atoms with Gasteiger partial charge in [-0.25, -0.2) is 4.79 Å². The number of aryl methyl sites for hydroxylation is 3. The largest absolute Gasteiger partial charge is 0.449 e. The lowest BCUT2D eigenvalue weighted by Gasteiger charge is -2.16. The molecule has 0 radical (unpaired) electrons. The second-order valence-electron chi connectivity index (χ2n) is 6.34. The summed E-state index contributed by atoms with van der Waals surface area (Å²) in [4.78, 5) is 24.3. The van der Waals surface area contributed by atoms with Crippen LogP contribution >= 0.6 is 23.2 Å². The summed E-state index contributed by atoms with van der Waals surface area (Å²) in [5.41, 5.74) is 4.39. The fourth-order valence-corrected chi connectivity index (χ4v) is 3.14. The van der Waals surface area contributed by atoms with E-state index < -0.39 is 18.0 Å². The summed E-state index contributed by atoms with van der Waals surface area (Å²) in [6, 6.07) is 8.90. The highest BCUT2D eigenvalue weighted by Gasteiger charge is 2.18. The zero-order valence-corrected chi connectivity index (χ0v) is 17.1. The van der Waals surface area contributed by atoms with Crippen molar-refractivity contribution in [1.82, 2.24) is 0 Å². The molecule has 2 aromatic carbocycles. The van der Waals surface area contributed by atoms with E-state index in [1.54, 1.807) is 18.2 Å². The van der Waals surface area contributed by atoms with Crippen LogP contribution in [0.2, 0.25) is 10.0 Å². The van der Waals surface area contributed by atoms with Crippen LogP contribution in [0, 0.1) is 20.8 Å². The van der Waals surface area contributed by atoms with Crippen molar-refractivity contribution in [2.45, 2.75) is 33.8 Å². The van der Waals surface area contributed by atoms with E-state index in [0.29, 0.717) is 15.6 Å². The maximum Gasteiger partial charge on any atom is 0.331 e. The standard InChI is InChI=1S/C21H21Cl2NO3/c1-12-9-13(2)20(14(3)10-12)24-21(26)15(4)27-19(25)8-6-16-5-7-17(22)11-18(16)23/h5-11,15H,1-4H3,(H,24,26)/b8-6+/t15-/m0/s1. The lowest BCUT2D eigenvalue weighted by atomic mass is 10.0. The third-order valence-electron chi connectivity index (χ3n) is 3.95. The molecule has 0 aliphatic rings. The van der Waals surface area contributed by atoms with Crippen LogP contribution in [0.4, 0.5) is 5.69 Å². The van der Waals surface area contributed by atoms with Crippen molar-refractivity contribution < 1.29 is 14.3 Å². The maximum atomic E-state index is 12.4. The average molecular weight is 406 g/mol. The molecular formula is C21H21Cl2NO3. The summed E-state index contributed by atoms with van der Waals surface area (Å²) in [6.07, 6.45) is 1.80. The number of esters is 1. The Morgan fingerprint density at radius 3 is 2.30 bits per heavy atom. The predicted octanol–water partition coefficient (Wildman–Crippen LogP) is 5.50. The van der Waals surface area contributed by atoms with Gasteiger partial charge in [0.15, 0.2) is 6.10 Å². The molecule has 0 aliphatic heterocycles. The first-order chi connectivity index (χ1) is 12.7. The molecule has 0 heterocycles. The normalized spacial score (nSPS) is 12.1. The van der Waals surface area contributed by atoms with Gasteiger partial charge in [0.25, 0.3) is 5.91 Å². The van der Waals surface area contributed by atoms with Crippen LogP contribution in [0.25, 0.3) is 6.08 Å². The zero-order valence-electron chi connectivity index (χ0n) is 15.6. The molecule has 0 spiro atoms. The molecule has 1 amide bonds.